The first-order chi connectivity index (χ1) is 7.25. The van der Waals surface area contributed by atoms with Crippen molar-refractivity contribution in [1.82, 2.24) is 9.80 Å². The fraction of sp³-hybridized carbons (Fsp3) is 0.917. The lowest BCUT2D eigenvalue weighted by molar-refractivity contribution is 0.269. The van der Waals surface area contributed by atoms with Crippen LogP contribution in [0, 0.1) is 5.41 Å². The molecule has 0 unspecified atom stereocenters. The van der Waals surface area contributed by atoms with Gasteiger partial charge in [-0.05, 0) is 40.5 Å². The van der Waals surface area contributed by atoms with Gasteiger partial charge in [0.2, 0.25) is 0 Å². The standard InChI is InChI=1S/C12H27N3S/c1-12(2,11(13)16)7-6-8-15(5)10-9-14(3)4/h6-10H2,1-5H3,(H2,13,16). The van der Waals surface area contributed by atoms with Crippen LogP contribution in [0.5, 0.6) is 0 Å². The van der Waals surface area contributed by atoms with Crippen molar-refractivity contribution in [1.29, 1.82) is 0 Å². The highest BCUT2D eigenvalue weighted by Gasteiger charge is 2.20. The van der Waals surface area contributed by atoms with Crippen molar-refractivity contribution in [3.05, 3.63) is 0 Å². The average molecular weight is 245 g/mol. The Labute approximate surface area is 106 Å². The Morgan fingerprint density at radius 2 is 1.69 bits per heavy atom. The molecule has 0 amide bonds. The minimum atomic E-state index is -0.00226. The number of hydrogen-bond donors (Lipinski definition) is 1. The Bertz CT molecular complexity index is 214. The average Bonchev–Trinajstić information content (AvgIpc) is 2.14. The molecule has 4 heteroatoms. The summed E-state index contributed by atoms with van der Waals surface area (Å²) in [6.45, 7) is 7.57. The third-order valence-electron chi connectivity index (χ3n) is 2.94. The van der Waals surface area contributed by atoms with Crippen molar-refractivity contribution in [3.63, 3.8) is 0 Å². The van der Waals surface area contributed by atoms with Gasteiger partial charge in [-0.1, -0.05) is 26.1 Å². The van der Waals surface area contributed by atoms with Crippen molar-refractivity contribution in [3.8, 4) is 0 Å². The molecule has 0 bridgehead atoms. The van der Waals surface area contributed by atoms with Gasteiger partial charge in [0.1, 0.15) is 0 Å². The van der Waals surface area contributed by atoms with Crippen molar-refractivity contribution >= 4 is 17.2 Å². The van der Waals surface area contributed by atoms with Crippen LogP contribution in [0.3, 0.4) is 0 Å². The summed E-state index contributed by atoms with van der Waals surface area (Å²) in [6.07, 6.45) is 2.21. The van der Waals surface area contributed by atoms with Gasteiger partial charge in [-0.3, -0.25) is 0 Å². The lowest BCUT2D eigenvalue weighted by Gasteiger charge is -2.25. The zero-order valence-corrected chi connectivity index (χ0v) is 12.2. The van der Waals surface area contributed by atoms with E-state index >= 15 is 0 Å². The maximum Gasteiger partial charge on any atom is 0.0784 e. The lowest BCUT2D eigenvalue weighted by atomic mass is 9.88. The topological polar surface area (TPSA) is 32.5 Å². The van der Waals surface area contributed by atoms with Crippen LogP contribution in [-0.2, 0) is 0 Å². The molecule has 0 aromatic carbocycles. The molecular formula is C12H27N3S. The first-order valence-corrected chi connectivity index (χ1v) is 6.29. The van der Waals surface area contributed by atoms with Gasteiger partial charge in [0, 0.05) is 18.5 Å². The summed E-state index contributed by atoms with van der Waals surface area (Å²) in [7, 11) is 6.37. The van der Waals surface area contributed by atoms with Crippen LogP contribution in [0.25, 0.3) is 0 Å². The fourth-order valence-electron chi connectivity index (χ4n) is 1.40. The summed E-state index contributed by atoms with van der Waals surface area (Å²) >= 11 is 5.05. The second-order valence-electron chi connectivity index (χ2n) is 5.46. The minimum Gasteiger partial charge on any atom is -0.393 e. The highest BCUT2D eigenvalue weighted by atomic mass is 32.1. The Morgan fingerprint density at radius 1 is 1.12 bits per heavy atom. The molecule has 0 aliphatic carbocycles. The van der Waals surface area contributed by atoms with Crippen LogP contribution >= 0.6 is 12.2 Å². The van der Waals surface area contributed by atoms with Gasteiger partial charge in [-0.25, -0.2) is 0 Å². The summed E-state index contributed by atoms with van der Waals surface area (Å²) in [5.41, 5.74) is 5.69. The molecule has 0 heterocycles. The Hall–Kier alpha value is -0.190. The molecule has 2 N–H and O–H groups in total. The number of nitrogens with zero attached hydrogens (tertiary/aromatic N) is 2. The highest BCUT2D eigenvalue weighted by Crippen LogP contribution is 2.22. The van der Waals surface area contributed by atoms with Gasteiger partial charge >= 0.3 is 0 Å². The fourth-order valence-corrected chi connectivity index (χ4v) is 1.50. The molecule has 0 rings (SSSR count). The Morgan fingerprint density at radius 3 is 2.12 bits per heavy atom. The molecule has 0 spiro atoms. The van der Waals surface area contributed by atoms with Gasteiger partial charge in [0.25, 0.3) is 0 Å². The molecule has 3 nitrogen and oxygen atoms in total. The van der Waals surface area contributed by atoms with Crippen molar-refractivity contribution < 1.29 is 0 Å². The number of hydrogen-bond acceptors (Lipinski definition) is 3. The van der Waals surface area contributed by atoms with Gasteiger partial charge in [-0.2, -0.15) is 0 Å². The second-order valence-corrected chi connectivity index (χ2v) is 5.90. The smallest absolute Gasteiger partial charge is 0.0784 e. The maximum absolute atomic E-state index is 5.70. The van der Waals surface area contributed by atoms with Gasteiger partial charge in [0.15, 0.2) is 0 Å². The van der Waals surface area contributed by atoms with Crippen molar-refractivity contribution in [2.75, 3.05) is 40.8 Å². The van der Waals surface area contributed by atoms with E-state index in [0.717, 1.165) is 32.5 Å². The number of rotatable bonds is 8. The van der Waals surface area contributed by atoms with E-state index in [1.165, 1.54) is 0 Å². The van der Waals surface area contributed by atoms with Crippen molar-refractivity contribution in [2.45, 2.75) is 26.7 Å². The van der Waals surface area contributed by atoms with E-state index in [9.17, 15) is 0 Å². The molecule has 0 fully saturated rings. The molecule has 0 radical (unpaired) electrons. The van der Waals surface area contributed by atoms with Crippen LogP contribution in [0.15, 0.2) is 0 Å². The summed E-state index contributed by atoms with van der Waals surface area (Å²) in [5, 5.41) is 0. The quantitative estimate of drug-likeness (QED) is 0.658. The minimum absolute atomic E-state index is 0.00226. The first kappa shape index (κ1) is 15.8. The largest absolute Gasteiger partial charge is 0.393 e. The van der Waals surface area contributed by atoms with Crippen LogP contribution in [0.2, 0.25) is 0 Å². The molecular weight excluding hydrogens is 218 g/mol. The lowest BCUT2D eigenvalue weighted by Crippen LogP contribution is -2.32. The zero-order chi connectivity index (χ0) is 12.8. The van der Waals surface area contributed by atoms with Crippen LogP contribution in [-0.4, -0.2) is 55.6 Å². The van der Waals surface area contributed by atoms with Crippen LogP contribution in [0.4, 0.5) is 0 Å². The van der Waals surface area contributed by atoms with Crippen LogP contribution < -0.4 is 5.73 Å². The molecule has 96 valence electrons. The van der Waals surface area contributed by atoms with E-state index in [-0.39, 0.29) is 5.41 Å². The Balaban J connectivity index is 3.69. The van der Waals surface area contributed by atoms with E-state index in [1.807, 2.05) is 0 Å². The summed E-state index contributed by atoms with van der Waals surface area (Å²) in [5.74, 6) is 0. The van der Waals surface area contributed by atoms with E-state index in [0.29, 0.717) is 4.99 Å². The predicted molar refractivity (Wildman–Crippen MR) is 75.9 cm³/mol. The summed E-state index contributed by atoms with van der Waals surface area (Å²) in [6, 6.07) is 0. The SMILES string of the molecule is CN(C)CCN(C)CCCC(C)(C)C(N)=S. The molecule has 0 saturated carbocycles. The molecule has 0 atom stereocenters. The molecule has 0 aromatic heterocycles. The second kappa shape index (κ2) is 7.20. The number of nitrogens with two attached hydrogens (primary N) is 1. The predicted octanol–water partition coefficient (Wildman–Crippen LogP) is 1.57. The van der Waals surface area contributed by atoms with E-state index < -0.39 is 0 Å². The molecule has 0 aliphatic rings. The maximum atomic E-state index is 5.70. The van der Waals surface area contributed by atoms with Crippen molar-refractivity contribution in [2.24, 2.45) is 11.1 Å². The van der Waals surface area contributed by atoms with Gasteiger partial charge in [-0.15, -0.1) is 0 Å². The van der Waals surface area contributed by atoms with Crippen LogP contribution in [0.1, 0.15) is 26.7 Å². The number of thiocarbonyl (C=S) groups is 1. The summed E-state index contributed by atoms with van der Waals surface area (Å²) in [4.78, 5) is 5.19. The zero-order valence-electron chi connectivity index (χ0n) is 11.4. The van der Waals surface area contributed by atoms with E-state index in [4.69, 9.17) is 18.0 Å². The molecule has 16 heavy (non-hydrogen) atoms. The summed E-state index contributed by atoms with van der Waals surface area (Å²) < 4.78 is 0. The van der Waals surface area contributed by atoms with E-state index in [2.05, 4.69) is 44.8 Å². The first-order valence-electron chi connectivity index (χ1n) is 5.89. The van der Waals surface area contributed by atoms with Gasteiger partial charge < -0.3 is 15.5 Å². The molecule has 0 aromatic rings. The highest BCUT2D eigenvalue weighted by molar-refractivity contribution is 7.80. The third kappa shape index (κ3) is 7.14. The van der Waals surface area contributed by atoms with E-state index in [1.54, 1.807) is 0 Å². The normalized spacial score (nSPS) is 12.4. The monoisotopic (exact) mass is 245 g/mol. The molecule has 0 saturated heterocycles. The van der Waals surface area contributed by atoms with Gasteiger partial charge in [0.05, 0.1) is 4.99 Å². The molecule has 0 aliphatic heterocycles. The third-order valence-corrected chi connectivity index (χ3v) is 3.49. The Kier molecular flexibility index (Phi) is 7.11. The number of likely N-dealkylation sites (N-methyl/N-ethyl adjacent to an activating group) is 2.